The van der Waals surface area contributed by atoms with E-state index < -0.39 is 0 Å². The number of carbonyl (C=O) groups is 1. The molecule has 0 aliphatic carbocycles. The number of aromatic hydroxyl groups is 1. The first kappa shape index (κ1) is 21.9. The Labute approximate surface area is 201 Å². The molecule has 2 N–H and O–H groups in total. The number of nitrogens with one attached hydrogen (secondary N) is 1. The van der Waals surface area contributed by atoms with Crippen LogP contribution in [0, 0.1) is 0 Å². The summed E-state index contributed by atoms with van der Waals surface area (Å²) in [7, 11) is 0. The van der Waals surface area contributed by atoms with Crippen molar-refractivity contribution in [1.82, 2.24) is 19.7 Å². The van der Waals surface area contributed by atoms with Crippen LogP contribution in [0.2, 0.25) is 5.02 Å². The van der Waals surface area contributed by atoms with E-state index in [1.807, 2.05) is 48.7 Å². The number of phenols is 1. The molecule has 9 heteroatoms. The van der Waals surface area contributed by atoms with Crippen molar-refractivity contribution >= 4 is 23.3 Å². The summed E-state index contributed by atoms with van der Waals surface area (Å²) in [6.07, 6.45) is 5.38. The average Bonchev–Trinajstić information content (AvgIpc) is 3.33. The van der Waals surface area contributed by atoms with Crippen LogP contribution in [0.5, 0.6) is 5.75 Å². The number of urea groups is 1. The normalized spacial score (nSPS) is 13.6. The third-order valence-corrected chi connectivity index (χ3v) is 5.93. The van der Waals surface area contributed by atoms with Gasteiger partial charge in [0.15, 0.2) is 0 Å². The number of phenolic OH excluding ortho intramolecular Hbond substituents is 1. The molecule has 172 valence electrons. The van der Waals surface area contributed by atoms with Crippen molar-refractivity contribution in [3.05, 3.63) is 78.2 Å². The fourth-order valence-electron chi connectivity index (χ4n) is 3.79. The summed E-state index contributed by atoms with van der Waals surface area (Å²) in [6, 6.07) is 16.2. The second-order valence-electron chi connectivity index (χ2n) is 7.81. The molecule has 0 radical (unpaired) electrons. The Hall–Kier alpha value is -3.88. The van der Waals surface area contributed by atoms with Crippen molar-refractivity contribution in [1.29, 1.82) is 0 Å². The van der Waals surface area contributed by atoms with E-state index in [-0.39, 0.29) is 16.8 Å². The molecule has 0 saturated carbocycles. The van der Waals surface area contributed by atoms with Crippen LogP contribution in [0.15, 0.2) is 73.2 Å². The summed E-state index contributed by atoms with van der Waals surface area (Å²) in [5.41, 5.74) is 4.78. The summed E-state index contributed by atoms with van der Waals surface area (Å²) < 4.78 is 7.07. The van der Waals surface area contributed by atoms with Crippen LogP contribution in [-0.2, 0) is 4.74 Å². The predicted molar refractivity (Wildman–Crippen MR) is 130 cm³/mol. The lowest BCUT2D eigenvalue weighted by Gasteiger charge is -2.26. The Morgan fingerprint density at radius 3 is 2.44 bits per heavy atom. The van der Waals surface area contributed by atoms with E-state index in [4.69, 9.17) is 21.4 Å². The highest BCUT2D eigenvalue weighted by Crippen LogP contribution is 2.35. The van der Waals surface area contributed by atoms with E-state index in [9.17, 15) is 9.90 Å². The lowest BCUT2D eigenvalue weighted by Crippen LogP contribution is -2.43. The van der Waals surface area contributed by atoms with Crippen LogP contribution in [0.25, 0.3) is 28.1 Å². The SMILES string of the molecule is O=C(Nc1ccc(-n2cc(-c3ccncc3)c(-c3ccc(Cl)c(O)c3)n2)cc1)N1CCOCC1. The van der Waals surface area contributed by atoms with Crippen LogP contribution in [0.3, 0.4) is 0 Å². The molecule has 1 aliphatic heterocycles. The lowest BCUT2D eigenvalue weighted by molar-refractivity contribution is 0.0564. The molecule has 2 amide bonds. The number of hydrogen-bond acceptors (Lipinski definition) is 5. The topological polar surface area (TPSA) is 92.5 Å². The summed E-state index contributed by atoms with van der Waals surface area (Å²) in [4.78, 5) is 18.3. The standard InChI is InChI=1S/C25H22ClN5O3/c26-22-6-1-18(15-23(22)32)24-21(17-7-9-27-10-8-17)16-31(29-24)20-4-2-19(3-5-20)28-25(33)30-11-13-34-14-12-30/h1-10,15-16,32H,11-14H2,(H,28,33). The highest BCUT2D eigenvalue weighted by Gasteiger charge is 2.18. The van der Waals surface area contributed by atoms with Gasteiger partial charge in [0.05, 0.1) is 23.9 Å². The number of amides is 2. The van der Waals surface area contributed by atoms with E-state index in [1.165, 1.54) is 0 Å². The lowest BCUT2D eigenvalue weighted by atomic mass is 10.0. The molecule has 34 heavy (non-hydrogen) atoms. The van der Waals surface area contributed by atoms with Gasteiger partial charge in [-0.05, 0) is 54.1 Å². The van der Waals surface area contributed by atoms with Crippen LogP contribution in [0.1, 0.15) is 0 Å². The van der Waals surface area contributed by atoms with Gasteiger partial charge in [0.1, 0.15) is 11.4 Å². The molecule has 1 aliphatic rings. The summed E-state index contributed by atoms with van der Waals surface area (Å²) >= 11 is 6.00. The molecule has 3 heterocycles. The minimum Gasteiger partial charge on any atom is -0.506 e. The van der Waals surface area contributed by atoms with Gasteiger partial charge in [0.2, 0.25) is 0 Å². The monoisotopic (exact) mass is 475 g/mol. The van der Waals surface area contributed by atoms with E-state index in [2.05, 4.69) is 10.3 Å². The van der Waals surface area contributed by atoms with Gasteiger partial charge in [-0.2, -0.15) is 5.10 Å². The quantitative estimate of drug-likeness (QED) is 0.441. The third-order valence-electron chi connectivity index (χ3n) is 5.61. The fraction of sp³-hybridized carbons (Fsp3) is 0.160. The number of nitrogens with zero attached hydrogens (tertiary/aromatic N) is 4. The predicted octanol–water partition coefficient (Wildman–Crippen LogP) is 4.82. The minimum absolute atomic E-state index is 0.00485. The molecule has 1 fully saturated rings. The van der Waals surface area contributed by atoms with Gasteiger partial charge in [0.25, 0.3) is 0 Å². The Morgan fingerprint density at radius 2 is 1.74 bits per heavy atom. The molecule has 4 aromatic rings. The summed E-state index contributed by atoms with van der Waals surface area (Å²) in [5.74, 6) is -0.00485. The van der Waals surface area contributed by atoms with Crippen LogP contribution in [0.4, 0.5) is 10.5 Å². The second-order valence-corrected chi connectivity index (χ2v) is 8.22. The number of ether oxygens (including phenoxy) is 1. The molecule has 0 unspecified atom stereocenters. The molecular weight excluding hydrogens is 454 g/mol. The Balaban J connectivity index is 1.45. The van der Waals surface area contributed by atoms with Crippen molar-refractivity contribution in [2.24, 2.45) is 0 Å². The van der Waals surface area contributed by atoms with Gasteiger partial charge in [-0.1, -0.05) is 17.7 Å². The Kier molecular flexibility index (Phi) is 6.16. The number of aromatic nitrogens is 3. The number of halogens is 1. The summed E-state index contributed by atoms with van der Waals surface area (Å²) in [5, 5.41) is 18.1. The van der Waals surface area contributed by atoms with Crippen molar-refractivity contribution in [3.8, 4) is 33.8 Å². The third kappa shape index (κ3) is 4.59. The number of morpholine rings is 1. The highest BCUT2D eigenvalue weighted by atomic mass is 35.5. The maximum Gasteiger partial charge on any atom is 0.321 e. The van der Waals surface area contributed by atoms with E-state index in [1.54, 1.807) is 34.1 Å². The Bertz CT molecular complexity index is 1300. The first-order chi connectivity index (χ1) is 16.6. The molecule has 0 bridgehead atoms. The maximum atomic E-state index is 12.4. The van der Waals surface area contributed by atoms with Gasteiger partial charge in [-0.3, -0.25) is 4.98 Å². The van der Waals surface area contributed by atoms with Gasteiger partial charge < -0.3 is 20.1 Å². The minimum atomic E-state index is -0.139. The van der Waals surface area contributed by atoms with Gasteiger partial charge in [-0.15, -0.1) is 0 Å². The Morgan fingerprint density at radius 1 is 1.00 bits per heavy atom. The van der Waals surface area contributed by atoms with Crippen molar-refractivity contribution < 1.29 is 14.6 Å². The number of rotatable bonds is 4. The number of hydrogen-bond donors (Lipinski definition) is 2. The zero-order valence-electron chi connectivity index (χ0n) is 18.2. The van der Waals surface area contributed by atoms with E-state index in [0.29, 0.717) is 37.7 Å². The smallest absolute Gasteiger partial charge is 0.321 e. The van der Waals surface area contributed by atoms with E-state index >= 15 is 0 Å². The molecule has 1 saturated heterocycles. The molecule has 2 aromatic heterocycles. The number of pyridine rings is 1. The van der Waals surface area contributed by atoms with Crippen LogP contribution < -0.4 is 5.32 Å². The zero-order valence-corrected chi connectivity index (χ0v) is 18.9. The first-order valence-electron chi connectivity index (χ1n) is 10.8. The van der Waals surface area contributed by atoms with Gasteiger partial charge >= 0.3 is 6.03 Å². The molecule has 2 aromatic carbocycles. The molecule has 5 rings (SSSR count). The highest BCUT2D eigenvalue weighted by molar-refractivity contribution is 6.32. The summed E-state index contributed by atoms with van der Waals surface area (Å²) in [6.45, 7) is 2.27. The number of carbonyl (C=O) groups excluding carboxylic acids is 1. The van der Waals surface area contributed by atoms with Gasteiger partial charge in [-0.25, -0.2) is 9.48 Å². The molecule has 0 atom stereocenters. The number of benzene rings is 2. The van der Waals surface area contributed by atoms with Crippen molar-refractivity contribution in [2.75, 3.05) is 31.6 Å². The largest absolute Gasteiger partial charge is 0.506 e. The maximum absolute atomic E-state index is 12.4. The molecule has 0 spiro atoms. The van der Waals surface area contributed by atoms with E-state index in [0.717, 1.165) is 22.4 Å². The zero-order chi connectivity index (χ0) is 23.5. The number of anilines is 1. The van der Waals surface area contributed by atoms with Crippen LogP contribution >= 0.6 is 11.6 Å². The molecular formula is C25H22ClN5O3. The van der Waals surface area contributed by atoms with Crippen LogP contribution in [-0.4, -0.2) is 57.1 Å². The fourth-order valence-corrected chi connectivity index (χ4v) is 3.91. The van der Waals surface area contributed by atoms with Crippen molar-refractivity contribution in [3.63, 3.8) is 0 Å². The van der Waals surface area contributed by atoms with Crippen molar-refractivity contribution in [2.45, 2.75) is 0 Å². The average molecular weight is 476 g/mol. The molecule has 8 nitrogen and oxygen atoms in total. The first-order valence-corrected chi connectivity index (χ1v) is 11.2. The second kappa shape index (κ2) is 9.54. The van der Waals surface area contributed by atoms with Gasteiger partial charge in [0, 0.05) is 48.5 Å².